The van der Waals surface area contributed by atoms with Gasteiger partial charge in [-0.15, -0.1) is 12.1 Å². The molecule has 0 aliphatic rings. The molecule has 3 nitrogen and oxygen atoms in total. The van der Waals surface area contributed by atoms with Crippen LogP contribution in [0.1, 0.15) is 0 Å². The van der Waals surface area contributed by atoms with Gasteiger partial charge in [0, 0.05) is 12.9 Å². The van der Waals surface area contributed by atoms with E-state index in [2.05, 4.69) is 6.07 Å². The van der Waals surface area contributed by atoms with Crippen LogP contribution in [0.15, 0.2) is 18.2 Å². The van der Waals surface area contributed by atoms with Crippen LogP contribution < -0.4 is 26.5 Å². The number of benzene rings is 1. The molecule has 0 N–H and O–H groups in total. The third-order valence-electron chi connectivity index (χ3n) is 1.34. The molecular formula is C9H11BrMgO3. The van der Waals surface area contributed by atoms with Crippen molar-refractivity contribution in [1.29, 1.82) is 0 Å². The van der Waals surface area contributed by atoms with Gasteiger partial charge in [-0.3, -0.25) is 0 Å². The minimum Gasteiger partial charge on any atom is -1.00 e. The summed E-state index contributed by atoms with van der Waals surface area (Å²) in [7, 11) is 3.16. The second-order valence-electron chi connectivity index (χ2n) is 2.13. The van der Waals surface area contributed by atoms with Crippen LogP contribution in [0.2, 0.25) is 0 Å². The molecule has 14 heavy (non-hydrogen) atoms. The van der Waals surface area contributed by atoms with Crippen molar-refractivity contribution in [2.45, 2.75) is 0 Å². The monoisotopic (exact) mass is 270 g/mol. The zero-order valence-corrected chi connectivity index (χ0v) is 11.2. The summed E-state index contributed by atoms with van der Waals surface area (Å²) in [5.41, 5.74) is 0. The van der Waals surface area contributed by atoms with Crippen LogP contribution in [0.3, 0.4) is 0 Å². The third kappa shape index (κ3) is 5.04. The summed E-state index contributed by atoms with van der Waals surface area (Å²) < 4.78 is 15.0. The number of rotatable bonds is 4. The van der Waals surface area contributed by atoms with Crippen LogP contribution >= 0.6 is 0 Å². The first-order valence-corrected chi connectivity index (χ1v) is 3.54. The smallest absolute Gasteiger partial charge is 1.00 e. The van der Waals surface area contributed by atoms with Gasteiger partial charge in [-0.1, -0.05) is 0 Å². The first-order valence-electron chi connectivity index (χ1n) is 3.54. The fourth-order valence-electron chi connectivity index (χ4n) is 0.802. The summed E-state index contributed by atoms with van der Waals surface area (Å²) in [6, 6.07) is 8.13. The number of methoxy groups -OCH3 is 2. The average molecular weight is 271 g/mol. The van der Waals surface area contributed by atoms with Gasteiger partial charge in [-0.2, -0.15) is 12.1 Å². The van der Waals surface area contributed by atoms with Gasteiger partial charge in [0.2, 0.25) is 0 Å². The van der Waals surface area contributed by atoms with Crippen LogP contribution in [0.4, 0.5) is 0 Å². The van der Waals surface area contributed by atoms with Gasteiger partial charge in [-0.25, -0.2) is 0 Å². The number of hydrogen-bond donors (Lipinski definition) is 0. The number of halogens is 1. The molecule has 1 aromatic carbocycles. The Kier molecular flexibility index (Phi) is 11.3. The Morgan fingerprint density at radius 2 is 2.00 bits per heavy atom. The van der Waals surface area contributed by atoms with Gasteiger partial charge >= 0.3 is 23.1 Å². The van der Waals surface area contributed by atoms with Crippen molar-refractivity contribution < 1.29 is 31.2 Å². The largest absolute Gasteiger partial charge is 2.00 e. The molecule has 0 spiro atoms. The van der Waals surface area contributed by atoms with E-state index in [1.807, 2.05) is 0 Å². The van der Waals surface area contributed by atoms with E-state index in [1.165, 1.54) is 0 Å². The molecule has 0 aromatic heterocycles. The molecule has 0 atom stereocenters. The van der Waals surface area contributed by atoms with Crippen molar-refractivity contribution >= 4 is 23.1 Å². The Labute approximate surface area is 111 Å². The molecule has 74 valence electrons. The van der Waals surface area contributed by atoms with E-state index < -0.39 is 0 Å². The normalized spacial score (nSPS) is 8.14. The van der Waals surface area contributed by atoms with Crippen molar-refractivity contribution in [2.24, 2.45) is 0 Å². The Balaban J connectivity index is 0. The Morgan fingerprint density at radius 1 is 1.29 bits per heavy atom. The minimum absolute atomic E-state index is 0. The third-order valence-corrected chi connectivity index (χ3v) is 1.34. The molecule has 1 aromatic rings. The van der Waals surface area contributed by atoms with Crippen molar-refractivity contribution in [3.63, 3.8) is 0 Å². The standard InChI is InChI=1S/C9H11O3.BrH.Mg/c1-10-7-12-9-6-4-3-5-8(9)11-2;;/h4-6H,7H2,1-2H3;1H;/q-1;;+2/p-1. The SMILES string of the molecule is COCOc1cc[c-]cc1OC.[Br-].[Mg+2]. The van der Waals surface area contributed by atoms with Gasteiger partial charge in [0.05, 0.1) is 12.9 Å². The van der Waals surface area contributed by atoms with Crippen molar-refractivity contribution in [1.82, 2.24) is 0 Å². The molecule has 5 heteroatoms. The predicted molar refractivity (Wildman–Crippen MR) is 50.1 cm³/mol. The fraction of sp³-hybridized carbons (Fsp3) is 0.333. The van der Waals surface area contributed by atoms with Gasteiger partial charge in [0.15, 0.2) is 6.79 Å². The van der Waals surface area contributed by atoms with E-state index >= 15 is 0 Å². The second-order valence-corrected chi connectivity index (χ2v) is 2.13. The maximum atomic E-state index is 5.21. The van der Waals surface area contributed by atoms with Gasteiger partial charge in [0.1, 0.15) is 0 Å². The summed E-state index contributed by atoms with van der Waals surface area (Å²) in [4.78, 5) is 0. The molecule has 1 rings (SSSR count). The molecule has 0 unspecified atom stereocenters. The first kappa shape index (κ1) is 16.5. The maximum absolute atomic E-state index is 5.21. The molecule has 0 fully saturated rings. The van der Waals surface area contributed by atoms with E-state index in [-0.39, 0.29) is 46.8 Å². The zero-order chi connectivity index (χ0) is 8.81. The van der Waals surface area contributed by atoms with Crippen LogP contribution in [-0.4, -0.2) is 44.1 Å². The Bertz CT molecular complexity index is 245. The minimum atomic E-state index is 0. The van der Waals surface area contributed by atoms with Gasteiger partial charge < -0.3 is 31.2 Å². The molecule has 0 radical (unpaired) electrons. The molecule has 0 bridgehead atoms. The summed E-state index contributed by atoms with van der Waals surface area (Å²) in [5, 5.41) is 0. The number of hydrogen-bond acceptors (Lipinski definition) is 3. The maximum Gasteiger partial charge on any atom is 2.00 e. The van der Waals surface area contributed by atoms with Crippen LogP contribution in [-0.2, 0) is 4.74 Å². The molecular weight excluding hydrogens is 260 g/mol. The van der Waals surface area contributed by atoms with E-state index in [4.69, 9.17) is 14.2 Å². The molecule has 0 amide bonds. The molecule has 0 aliphatic heterocycles. The van der Waals surface area contributed by atoms with Crippen LogP contribution in [0.25, 0.3) is 0 Å². The van der Waals surface area contributed by atoms with E-state index in [0.717, 1.165) is 0 Å². The molecule has 0 saturated heterocycles. The summed E-state index contributed by atoms with van der Waals surface area (Å²) >= 11 is 0. The quantitative estimate of drug-likeness (QED) is 0.364. The average Bonchev–Trinajstić information content (AvgIpc) is 2.15. The predicted octanol–water partition coefficient (Wildman–Crippen LogP) is -1.90. The van der Waals surface area contributed by atoms with Crippen LogP contribution in [0.5, 0.6) is 11.5 Å². The van der Waals surface area contributed by atoms with E-state index in [0.29, 0.717) is 11.5 Å². The zero-order valence-electron chi connectivity index (χ0n) is 8.25. The first-order chi connectivity index (χ1) is 5.88. The summed E-state index contributed by atoms with van der Waals surface area (Å²) in [5.74, 6) is 1.33. The topological polar surface area (TPSA) is 27.7 Å². The fourth-order valence-corrected chi connectivity index (χ4v) is 0.802. The van der Waals surface area contributed by atoms with Gasteiger partial charge in [0.25, 0.3) is 0 Å². The van der Waals surface area contributed by atoms with Crippen LogP contribution in [0, 0.1) is 6.07 Å². The summed E-state index contributed by atoms with van der Waals surface area (Å²) in [6.45, 7) is 0.223. The Hall–Kier alpha value is 0.0262. The van der Waals surface area contributed by atoms with Gasteiger partial charge in [-0.05, 0) is 0 Å². The molecule has 0 heterocycles. The van der Waals surface area contributed by atoms with Crippen molar-refractivity contribution in [2.75, 3.05) is 21.0 Å². The van der Waals surface area contributed by atoms with Crippen molar-refractivity contribution in [3.05, 3.63) is 24.3 Å². The van der Waals surface area contributed by atoms with Crippen molar-refractivity contribution in [3.8, 4) is 11.5 Å². The van der Waals surface area contributed by atoms with E-state index in [9.17, 15) is 0 Å². The molecule has 0 aliphatic carbocycles. The summed E-state index contributed by atoms with van der Waals surface area (Å²) in [6.07, 6.45) is 0. The molecule has 0 saturated carbocycles. The Morgan fingerprint density at radius 3 is 2.57 bits per heavy atom. The van der Waals surface area contributed by atoms with E-state index in [1.54, 1.807) is 32.4 Å². The number of ether oxygens (including phenoxy) is 3. The second kappa shape index (κ2) is 9.58.